The van der Waals surface area contributed by atoms with Crippen molar-refractivity contribution in [2.24, 2.45) is 4.99 Å². The Bertz CT molecular complexity index is 614. The van der Waals surface area contributed by atoms with Crippen molar-refractivity contribution in [1.29, 1.82) is 0 Å². The second-order valence-corrected chi connectivity index (χ2v) is 7.08. The van der Waals surface area contributed by atoms with Crippen molar-refractivity contribution >= 4 is 5.96 Å². The average Bonchev–Trinajstić information content (AvgIpc) is 3.16. The molecule has 6 heteroatoms. The van der Waals surface area contributed by atoms with E-state index in [-0.39, 0.29) is 0 Å². The predicted octanol–water partition coefficient (Wildman–Crippen LogP) is 1.53. The highest BCUT2D eigenvalue weighted by Gasteiger charge is 2.30. The molecule has 0 aliphatic carbocycles. The highest BCUT2D eigenvalue weighted by Crippen LogP contribution is 2.20. The van der Waals surface area contributed by atoms with Gasteiger partial charge < -0.3 is 19.7 Å². The highest BCUT2D eigenvalue weighted by atomic mass is 16.5. The monoisotopic (exact) mass is 360 g/mol. The fourth-order valence-electron chi connectivity index (χ4n) is 3.92. The van der Waals surface area contributed by atoms with Crippen molar-refractivity contribution in [3.63, 3.8) is 0 Å². The third-order valence-electron chi connectivity index (χ3n) is 5.35. The SMILES string of the molecule is CN=C(NCCc1cc(C)ccc1OC)N1CCC(N2CCOCC2)C1. The lowest BCUT2D eigenvalue weighted by atomic mass is 10.1. The van der Waals surface area contributed by atoms with Gasteiger partial charge in [0.2, 0.25) is 0 Å². The minimum Gasteiger partial charge on any atom is -0.496 e. The standard InChI is InChI=1S/C20H32N4O2/c1-16-4-5-19(25-3)17(14-16)6-8-22-20(21-2)24-9-7-18(15-24)23-10-12-26-13-11-23/h4-5,14,18H,6-13,15H2,1-3H3,(H,21,22). The third-order valence-corrected chi connectivity index (χ3v) is 5.35. The Balaban J connectivity index is 1.50. The normalized spacial score (nSPS) is 21.9. The maximum Gasteiger partial charge on any atom is 0.193 e. The smallest absolute Gasteiger partial charge is 0.193 e. The first-order chi connectivity index (χ1) is 12.7. The molecule has 0 saturated carbocycles. The summed E-state index contributed by atoms with van der Waals surface area (Å²) in [7, 11) is 3.61. The first-order valence-corrected chi connectivity index (χ1v) is 9.62. The minimum absolute atomic E-state index is 0.620. The first kappa shape index (κ1) is 19.0. The molecule has 1 aromatic rings. The van der Waals surface area contributed by atoms with E-state index in [9.17, 15) is 0 Å². The van der Waals surface area contributed by atoms with E-state index in [4.69, 9.17) is 9.47 Å². The Morgan fingerprint density at radius 3 is 2.85 bits per heavy atom. The van der Waals surface area contributed by atoms with Crippen LogP contribution in [0.5, 0.6) is 5.75 Å². The van der Waals surface area contributed by atoms with Crippen LogP contribution in [-0.4, -0.2) is 81.9 Å². The number of nitrogens with one attached hydrogen (secondary N) is 1. The Hall–Kier alpha value is -1.79. The second-order valence-electron chi connectivity index (χ2n) is 7.08. The van der Waals surface area contributed by atoms with Gasteiger partial charge in [0.15, 0.2) is 5.96 Å². The van der Waals surface area contributed by atoms with Crippen LogP contribution < -0.4 is 10.1 Å². The largest absolute Gasteiger partial charge is 0.496 e. The van der Waals surface area contributed by atoms with Crippen LogP contribution >= 0.6 is 0 Å². The van der Waals surface area contributed by atoms with E-state index < -0.39 is 0 Å². The van der Waals surface area contributed by atoms with Crippen LogP contribution in [0.4, 0.5) is 0 Å². The number of guanidine groups is 1. The number of morpholine rings is 1. The van der Waals surface area contributed by atoms with Crippen molar-refractivity contribution in [2.45, 2.75) is 25.8 Å². The van der Waals surface area contributed by atoms with E-state index in [1.165, 1.54) is 17.5 Å². The van der Waals surface area contributed by atoms with E-state index in [1.807, 2.05) is 13.1 Å². The molecule has 144 valence electrons. The molecule has 0 bridgehead atoms. The first-order valence-electron chi connectivity index (χ1n) is 9.62. The number of rotatable bonds is 5. The van der Waals surface area contributed by atoms with Crippen LogP contribution in [0.2, 0.25) is 0 Å². The summed E-state index contributed by atoms with van der Waals surface area (Å²) < 4.78 is 11.0. The molecule has 0 radical (unpaired) electrons. The van der Waals surface area contributed by atoms with Crippen LogP contribution in [0.15, 0.2) is 23.2 Å². The Morgan fingerprint density at radius 2 is 2.12 bits per heavy atom. The number of nitrogens with zero attached hydrogens (tertiary/aromatic N) is 3. The zero-order valence-electron chi connectivity index (χ0n) is 16.3. The predicted molar refractivity (Wildman–Crippen MR) is 105 cm³/mol. The van der Waals surface area contributed by atoms with Crippen LogP contribution in [0.3, 0.4) is 0 Å². The molecule has 2 fully saturated rings. The average molecular weight is 361 g/mol. The van der Waals surface area contributed by atoms with Gasteiger partial charge in [0.25, 0.3) is 0 Å². The molecule has 2 saturated heterocycles. The van der Waals surface area contributed by atoms with Gasteiger partial charge in [0.1, 0.15) is 5.75 Å². The van der Waals surface area contributed by atoms with Gasteiger partial charge in [-0.1, -0.05) is 17.7 Å². The number of likely N-dealkylation sites (tertiary alicyclic amines) is 1. The maximum atomic E-state index is 5.48. The molecule has 1 N–H and O–H groups in total. The van der Waals surface area contributed by atoms with Gasteiger partial charge in [-0.05, 0) is 31.4 Å². The van der Waals surface area contributed by atoms with Gasteiger partial charge in [-0.2, -0.15) is 0 Å². The van der Waals surface area contributed by atoms with E-state index in [2.05, 4.69) is 39.2 Å². The zero-order chi connectivity index (χ0) is 18.4. The molecule has 6 nitrogen and oxygen atoms in total. The number of hydrogen-bond donors (Lipinski definition) is 1. The Labute approximate surface area is 157 Å². The Morgan fingerprint density at radius 1 is 1.31 bits per heavy atom. The van der Waals surface area contributed by atoms with Crippen LogP contribution in [0.25, 0.3) is 0 Å². The molecule has 2 aliphatic heterocycles. The number of aryl methyl sites for hydroxylation is 1. The number of methoxy groups -OCH3 is 1. The van der Waals surface area contributed by atoms with Crippen LogP contribution in [-0.2, 0) is 11.2 Å². The molecule has 1 unspecified atom stereocenters. The molecule has 1 atom stereocenters. The van der Waals surface area contributed by atoms with E-state index in [0.29, 0.717) is 6.04 Å². The molecule has 0 spiro atoms. The molecule has 1 aromatic carbocycles. The van der Waals surface area contributed by atoms with Crippen LogP contribution in [0, 0.1) is 6.92 Å². The quantitative estimate of drug-likeness (QED) is 0.637. The van der Waals surface area contributed by atoms with Gasteiger partial charge in [-0.25, -0.2) is 0 Å². The summed E-state index contributed by atoms with van der Waals surface area (Å²) in [6.45, 7) is 8.92. The molecule has 0 aromatic heterocycles. The lowest BCUT2D eigenvalue weighted by Crippen LogP contribution is -2.46. The van der Waals surface area contributed by atoms with Crippen LogP contribution in [0.1, 0.15) is 17.5 Å². The summed E-state index contributed by atoms with van der Waals surface area (Å²) in [6, 6.07) is 6.96. The summed E-state index contributed by atoms with van der Waals surface area (Å²) in [5, 5.41) is 3.53. The van der Waals surface area contributed by atoms with E-state index >= 15 is 0 Å². The molecule has 26 heavy (non-hydrogen) atoms. The van der Waals surface area contributed by atoms with Gasteiger partial charge in [0, 0.05) is 45.8 Å². The lowest BCUT2D eigenvalue weighted by Gasteiger charge is -2.32. The van der Waals surface area contributed by atoms with Gasteiger partial charge in [-0.3, -0.25) is 9.89 Å². The minimum atomic E-state index is 0.620. The lowest BCUT2D eigenvalue weighted by molar-refractivity contribution is 0.0195. The highest BCUT2D eigenvalue weighted by molar-refractivity contribution is 5.80. The van der Waals surface area contributed by atoms with Gasteiger partial charge in [-0.15, -0.1) is 0 Å². The number of ether oxygens (including phenoxy) is 2. The fourth-order valence-corrected chi connectivity index (χ4v) is 3.92. The maximum absolute atomic E-state index is 5.48. The van der Waals surface area contributed by atoms with Crippen molar-refractivity contribution in [3.05, 3.63) is 29.3 Å². The van der Waals surface area contributed by atoms with Crippen molar-refractivity contribution < 1.29 is 9.47 Å². The number of benzene rings is 1. The molecule has 3 rings (SSSR count). The van der Waals surface area contributed by atoms with Gasteiger partial charge in [0.05, 0.1) is 20.3 Å². The van der Waals surface area contributed by atoms with Crippen molar-refractivity contribution in [2.75, 3.05) is 60.1 Å². The fraction of sp³-hybridized carbons (Fsp3) is 0.650. The molecule has 0 amide bonds. The summed E-state index contributed by atoms with van der Waals surface area (Å²) in [4.78, 5) is 9.44. The summed E-state index contributed by atoms with van der Waals surface area (Å²) >= 11 is 0. The summed E-state index contributed by atoms with van der Waals surface area (Å²) in [5.74, 6) is 1.97. The molecule has 2 heterocycles. The van der Waals surface area contributed by atoms with Gasteiger partial charge >= 0.3 is 0 Å². The summed E-state index contributed by atoms with van der Waals surface area (Å²) in [6.07, 6.45) is 2.12. The second kappa shape index (κ2) is 9.24. The zero-order valence-corrected chi connectivity index (χ0v) is 16.3. The number of hydrogen-bond acceptors (Lipinski definition) is 4. The summed E-state index contributed by atoms with van der Waals surface area (Å²) in [5.41, 5.74) is 2.50. The topological polar surface area (TPSA) is 49.3 Å². The third kappa shape index (κ3) is 4.68. The Kier molecular flexibility index (Phi) is 6.74. The molecular formula is C20H32N4O2. The van der Waals surface area contributed by atoms with Crippen molar-refractivity contribution in [3.8, 4) is 5.75 Å². The van der Waals surface area contributed by atoms with E-state index in [0.717, 1.165) is 64.1 Å². The van der Waals surface area contributed by atoms with Crippen molar-refractivity contribution in [1.82, 2.24) is 15.1 Å². The number of aliphatic imine (C=N–C) groups is 1. The molecule has 2 aliphatic rings. The molecular weight excluding hydrogens is 328 g/mol. The van der Waals surface area contributed by atoms with E-state index in [1.54, 1.807) is 7.11 Å².